The van der Waals surface area contributed by atoms with Gasteiger partial charge in [0.05, 0.1) is 25.6 Å². The van der Waals surface area contributed by atoms with E-state index in [0.717, 1.165) is 5.56 Å². The molecule has 0 saturated carbocycles. The van der Waals surface area contributed by atoms with Gasteiger partial charge in [0.15, 0.2) is 5.78 Å². The quantitative estimate of drug-likeness (QED) is 0.203. The molecular formula is C19H27N3O7S. The van der Waals surface area contributed by atoms with Crippen LogP contribution in [0.15, 0.2) is 30.3 Å². The third-order valence-corrected chi connectivity index (χ3v) is 4.99. The molecule has 0 bridgehead atoms. The van der Waals surface area contributed by atoms with E-state index < -0.39 is 61.5 Å². The molecule has 0 fully saturated rings. The molecule has 0 aromatic heterocycles. The lowest BCUT2D eigenvalue weighted by atomic mass is 10.2. The predicted molar refractivity (Wildman–Crippen MR) is 110 cm³/mol. The highest BCUT2D eigenvalue weighted by Gasteiger charge is 2.27. The molecule has 0 aliphatic carbocycles. The van der Waals surface area contributed by atoms with Gasteiger partial charge in [-0.15, -0.1) is 11.8 Å². The van der Waals surface area contributed by atoms with E-state index in [1.165, 1.54) is 18.7 Å². The Morgan fingerprint density at radius 1 is 0.833 bits per heavy atom. The van der Waals surface area contributed by atoms with E-state index in [-0.39, 0.29) is 5.75 Å². The van der Waals surface area contributed by atoms with Crippen LogP contribution in [-0.4, -0.2) is 82.5 Å². The summed E-state index contributed by atoms with van der Waals surface area (Å²) in [5.41, 5.74) is 1.04. The van der Waals surface area contributed by atoms with Gasteiger partial charge in [0, 0.05) is 5.75 Å². The second kappa shape index (κ2) is 13.7. The van der Waals surface area contributed by atoms with Crippen molar-refractivity contribution in [3.8, 4) is 0 Å². The van der Waals surface area contributed by atoms with E-state index in [1.807, 2.05) is 30.3 Å². The summed E-state index contributed by atoms with van der Waals surface area (Å²) >= 11 is 1.33. The summed E-state index contributed by atoms with van der Waals surface area (Å²) in [6.45, 7) is -0.968. The number of carbonyl (C=O) groups excluding carboxylic acids is 4. The van der Waals surface area contributed by atoms with Crippen LogP contribution in [0.5, 0.6) is 0 Å². The van der Waals surface area contributed by atoms with Crippen molar-refractivity contribution in [2.24, 2.45) is 0 Å². The summed E-state index contributed by atoms with van der Waals surface area (Å²) in [5, 5.41) is 34.6. The minimum atomic E-state index is -1.43. The molecule has 3 atom stereocenters. The van der Waals surface area contributed by atoms with Crippen LogP contribution >= 0.6 is 11.8 Å². The van der Waals surface area contributed by atoms with Gasteiger partial charge >= 0.3 is 0 Å². The van der Waals surface area contributed by atoms with Crippen LogP contribution in [0.2, 0.25) is 0 Å². The van der Waals surface area contributed by atoms with E-state index >= 15 is 0 Å². The Morgan fingerprint density at radius 2 is 1.33 bits per heavy atom. The number of amides is 3. The summed E-state index contributed by atoms with van der Waals surface area (Å²) in [6, 6.07) is 5.57. The fourth-order valence-corrected chi connectivity index (χ4v) is 3.08. The van der Waals surface area contributed by atoms with Crippen molar-refractivity contribution in [2.75, 3.05) is 25.6 Å². The minimum absolute atomic E-state index is 0.0549. The van der Waals surface area contributed by atoms with Gasteiger partial charge in [0.1, 0.15) is 18.1 Å². The Morgan fingerprint density at radius 3 is 1.83 bits per heavy atom. The van der Waals surface area contributed by atoms with E-state index in [9.17, 15) is 29.4 Å². The molecule has 1 rings (SSSR count). The van der Waals surface area contributed by atoms with Crippen LogP contribution in [0.4, 0.5) is 0 Å². The van der Waals surface area contributed by atoms with E-state index in [1.54, 1.807) is 0 Å². The monoisotopic (exact) mass is 441 g/mol. The molecule has 0 spiro atoms. The zero-order valence-corrected chi connectivity index (χ0v) is 17.4. The second-order valence-corrected chi connectivity index (χ2v) is 7.36. The number of thioether (sulfide) groups is 1. The van der Waals surface area contributed by atoms with Gasteiger partial charge in [-0.05, 0) is 12.5 Å². The van der Waals surface area contributed by atoms with Gasteiger partial charge in [-0.3, -0.25) is 19.2 Å². The standard InChI is InChI=1S/C19H27N3O7S/c1-12(26)14(7-23)21-19(29)16(9-25)22-18(28)15(8-24)20-17(27)11-30-10-13-5-3-2-4-6-13/h2-6,14-16,23-25H,7-11H2,1H3,(H,20,27)(H,21,29)(H,22,28)/t14-,15-,16?/m0/s1. The fourth-order valence-electron chi connectivity index (χ4n) is 2.28. The van der Waals surface area contributed by atoms with Crippen LogP contribution < -0.4 is 16.0 Å². The van der Waals surface area contributed by atoms with Gasteiger partial charge in [-0.1, -0.05) is 30.3 Å². The maximum Gasteiger partial charge on any atom is 0.245 e. The number of aliphatic hydroxyl groups is 3. The first-order valence-electron chi connectivity index (χ1n) is 9.17. The number of carbonyl (C=O) groups is 4. The molecule has 1 aromatic rings. The molecular weight excluding hydrogens is 414 g/mol. The molecule has 1 aromatic carbocycles. The van der Waals surface area contributed by atoms with Crippen molar-refractivity contribution in [2.45, 2.75) is 30.8 Å². The normalized spacial score (nSPS) is 13.6. The maximum absolute atomic E-state index is 12.3. The van der Waals surface area contributed by atoms with Gasteiger partial charge in [-0.2, -0.15) is 0 Å². The molecule has 10 nitrogen and oxygen atoms in total. The van der Waals surface area contributed by atoms with Gasteiger partial charge < -0.3 is 31.3 Å². The molecule has 3 amide bonds. The lowest BCUT2D eigenvalue weighted by molar-refractivity contribution is -0.134. The highest BCUT2D eigenvalue weighted by molar-refractivity contribution is 7.99. The number of rotatable bonds is 13. The van der Waals surface area contributed by atoms with E-state index in [4.69, 9.17) is 5.11 Å². The summed E-state index contributed by atoms with van der Waals surface area (Å²) in [5.74, 6) is -2.09. The van der Waals surface area contributed by atoms with Crippen LogP contribution in [0.25, 0.3) is 0 Å². The smallest absolute Gasteiger partial charge is 0.245 e. The van der Waals surface area contributed by atoms with E-state index in [2.05, 4.69) is 16.0 Å². The number of hydrogen-bond donors (Lipinski definition) is 6. The summed E-state index contributed by atoms with van der Waals surface area (Å²) in [4.78, 5) is 47.7. The lowest BCUT2D eigenvalue weighted by Gasteiger charge is -2.22. The summed E-state index contributed by atoms with van der Waals surface area (Å²) < 4.78 is 0. The molecule has 0 aliphatic rings. The maximum atomic E-state index is 12.3. The van der Waals surface area contributed by atoms with Crippen LogP contribution in [-0.2, 0) is 24.9 Å². The average molecular weight is 442 g/mol. The van der Waals surface area contributed by atoms with Crippen LogP contribution in [0.3, 0.4) is 0 Å². The fraction of sp³-hybridized carbons (Fsp3) is 0.474. The predicted octanol–water partition coefficient (Wildman–Crippen LogP) is -2.06. The average Bonchev–Trinajstić information content (AvgIpc) is 2.74. The topological polar surface area (TPSA) is 165 Å². The summed E-state index contributed by atoms with van der Waals surface area (Å²) in [6.07, 6.45) is 0. The first-order chi connectivity index (χ1) is 14.3. The van der Waals surface area contributed by atoms with Gasteiger partial charge in [0.25, 0.3) is 0 Å². The Hall–Kier alpha value is -2.47. The molecule has 0 aliphatic heterocycles. The van der Waals surface area contributed by atoms with Crippen LogP contribution in [0, 0.1) is 0 Å². The number of aliphatic hydroxyl groups excluding tert-OH is 3. The summed E-state index contributed by atoms with van der Waals surface area (Å²) in [7, 11) is 0. The minimum Gasteiger partial charge on any atom is -0.394 e. The Labute approximate surface area is 178 Å². The second-order valence-electron chi connectivity index (χ2n) is 6.38. The third-order valence-electron chi connectivity index (χ3n) is 3.98. The molecule has 0 saturated heterocycles. The van der Waals surface area contributed by atoms with Crippen molar-refractivity contribution in [1.82, 2.24) is 16.0 Å². The highest BCUT2D eigenvalue weighted by atomic mass is 32.2. The first kappa shape index (κ1) is 25.6. The largest absolute Gasteiger partial charge is 0.394 e. The Bertz CT molecular complexity index is 717. The SMILES string of the molecule is CC(=O)[C@H](CO)NC(=O)C(CO)NC(=O)[C@H](CO)NC(=O)CSCc1ccccc1. The van der Waals surface area contributed by atoms with Gasteiger partial charge in [-0.25, -0.2) is 0 Å². The Balaban J connectivity index is 2.53. The van der Waals surface area contributed by atoms with Crippen molar-refractivity contribution >= 4 is 35.3 Å². The first-order valence-corrected chi connectivity index (χ1v) is 10.3. The number of Topliss-reactive ketones (excluding diaryl/α,β-unsaturated/α-hetero) is 1. The van der Waals surface area contributed by atoms with Crippen molar-refractivity contribution in [3.05, 3.63) is 35.9 Å². The van der Waals surface area contributed by atoms with Crippen LogP contribution in [0.1, 0.15) is 12.5 Å². The number of benzene rings is 1. The van der Waals surface area contributed by atoms with Crippen molar-refractivity contribution in [3.63, 3.8) is 0 Å². The third kappa shape index (κ3) is 8.91. The zero-order valence-electron chi connectivity index (χ0n) is 16.5. The molecule has 166 valence electrons. The number of ketones is 1. The van der Waals surface area contributed by atoms with Crippen molar-refractivity contribution < 1.29 is 34.5 Å². The molecule has 6 N–H and O–H groups in total. The zero-order chi connectivity index (χ0) is 22.5. The number of nitrogens with one attached hydrogen (secondary N) is 3. The van der Waals surface area contributed by atoms with E-state index in [0.29, 0.717) is 5.75 Å². The van der Waals surface area contributed by atoms with Gasteiger partial charge in [0.2, 0.25) is 17.7 Å². The highest BCUT2D eigenvalue weighted by Crippen LogP contribution is 2.11. The molecule has 11 heteroatoms. The van der Waals surface area contributed by atoms with Crippen molar-refractivity contribution in [1.29, 1.82) is 0 Å². The molecule has 1 unspecified atom stereocenters. The Kier molecular flexibility index (Phi) is 11.7. The number of hydrogen-bond acceptors (Lipinski definition) is 8. The lowest BCUT2D eigenvalue weighted by Crippen LogP contribution is -2.58. The molecule has 0 heterocycles. The molecule has 30 heavy (non-hydrogen) atoms. The molecule has 0 radical (unpaired) electrons.